The van der Waals surface area contributed by atoms with Crippen molar-refractivity contribution < 1.29 is 4.79 Å². The van der Waals surface area contributed by atoms with Crippen molar-refractivity contribution in [2.45, 2.75) is 32.6 Å². The molecule has 0 aromatic heterocycles. The van der Waals surface area contributed by atoms with E-state index >= 15 is 0 Å². The van der Waals surface area contributed by atoms with Crippen molar-refractivity contribution in [3.05, 3.63) is 32.7 Å². The van der Waals surface area contributed by atoms with E-state index in [1.807, 2.05) is 23.1 Å². The van der Waals surface area contributed by atoms with E-state index < -0.39 is 0 Å². The third kappa shape index (κ3) is 3.82. The van der Waals surface area contributed by atoms with Gasteiger partial charge < -0.3 is 4.90 Å². The van der Waals surface area contributed by atoms with Gasteiger partial charge in [-0.15, -0.1) is 0 Å². The van der Waals surface area contributed by atoms with Crippen LogP contribution in [0.5, 0.6) is 0 Å². The van der Waals surface area contributed by atoms with E-state index in [4.69, 9.17) is 0 Å². The largest absolute Gasteiger partial charge is 0.339 e. The normalized spacial score (nSPS) is 20.2. The Kier molecular flexibility index (Phi) is 5.46. The van der Waals surface area contributed by atoms with E-state index in [0.29, 0.717) is 0 Å². The van der Waals surface area contributed by atoms with Crippen LogP contribution in [-0.4, -0.2) is 23.9 Å². The van der Waals surface area contributed by atoms with Gasteiger partial charge in [0.25, 0.3) is 5.91 Å². The maximum Gasteiger partial charge on any atom is 0.254 e. The first kappa shape index (κ1) is 15.0. The molecule has 0 aliphatic carbocycles. The quantitative estimate of drug-likeness (QED) is 0.708. The fraction of sp³-hybridized carbons (Fsp3) is 0.533. The summed E-state index contributed by atoms with van der Waals surface area (Å²) in [6.45, 7) is 4.02. The number of hydrogen-bond acceptors (Lipinski definition) is 1. The first-order valence-corrected chi connectivity index (χ1v) is 8.44. The highest BCUT2D eigenvalue weighted by Gasteiger charge is 2.22. The van der Waals surface area contributed by atoms with Crippen molar-refractivity contribution >= 4 is 37.8 Å². The van der Waals surface area contributed by atoms with Crippen molar-refractivity contribution in [1.29, 1.82) is 0 Å². The molecule has 4 heteroatoms. The van der Waals surface area contributed by atoms with Crippen LogP contribution in [0.4, 0.5) is 0 Å². The van der Waals surface area contributed by atoms with Crippen LogP contribution in [0.15, 0.2) is 27.1 Å². The first-order valence-electron chi connectivity index (χ1n) is 6.86. The number of halogens is 2. The number of likely N-dealkylation sites (tertiary alicyclic amines) is 1. The molecule has 1 amide bonds. The fourth-order valence-corrected chi connectivity index (χ4v) is 3.83. The lowest BCUT2D eigenvalue weighted by atomic mass is 9.98. The number of amides is 1. The van der Waals surface area contributed by atoms with Gasteiger partial charge in [0.2, 0.25) is 0 Å². The highest BCUT2D eigenvalue weighted by molar-refractivity contribution is 9.11. The maximum atomic E-state index is 12.6. The van der Waals surface area contributed by atoms with Crippen LogP contribution in [0, 0.1) is 5.92 Å². The molecule has 1 fully saturated rings. The maximum absolute atomic E-state index is 12.6. The van der Waals surface area contributed by atoms with Crippen molar-refractivity contribution in [2.24, 2.45) is 5.92 Å². The number of rotatable bonds is 2. The summed E-state index contributed by atoms with van der Waals surface area (Å²) in [5, 5.41) is 0. The van der Waals surface area contributed by atoms with Crippen LogP contribution < -0.4 is 0 Å². The predicted octanol–water partition coefficient (Wildman–Crippen LogP) is 4.86. The predicted molar refractivity (Wildman–Crippen MR) is 85.4 cm³/mol. The van der Waals surface area contributed by atoms with Crippen LogP contribution in [0.25, 0.3) is 0 Å². The Morgan fingerprint density at radius 3 is 2.79 bits per heavy atom. The minimum absolute atomic E-state index is 0.149. The third-order valence-corrected chi connectivity index (χ3v) is 5.02. The molecule has 0 N–H and O–H groups in total. The highest BCUT2D eigenvalue weighted by atomic mass is 79.9. The van der Waals surface area contributed by atoms with Gasteiger partial charge in [-0.05, 0) is 59.3 Å². The Bertz CT molecular complexity index is 461. The summed E-state index contributed by atoms with van der Waals surface area (Å²) >= 11 is 6.90. The molecule has 1 aliphatic rings. The zero-order valence-electron chi connectivity index (χ0n) is 11.2. The summed E-state index contributed by atoms with van der Waals surface area (Å²) in [4.78, 5) is 14.6. The molecule has 0 radical (unpaired) electrons. The van der Waals surface area contributed by atoms with Gasteiger partial charge in [0.1, 0.15) is 0 Å². The number of hydrogen-bond donors (Lipinski definition) is 0. The summed E-state index contributed by atoms with van der Waals surface area (Å²) in [7, 11) is 0. The standard InChI is InChI=1S/C15H19Br2NO/c1-2-11-4-3-8-18(9-7-11)15(19)13-6-5-12(16)10-14(13)17/h5-6,10-11H,2-4,7-9H2,1H3. The molecule has 1 aliphatic heterocycles. The second kappa shape index (κ2) is 6.89. The van der Waals surface area contributed by atoms with E-state index in [1.165, 1.54) is 12.8 Å². The van der Waals surface area contributed by atoms with Crippen molar-refractivity contribution in [3.8, 4) is 0 Å². The molecule has 1 atom stereocenters. The van der Waals surface area contributed by atoms with E-state index in [-0.39, 0.29) is 5.91 Å². The summed E-state index contributed by atoms with van der Waals surface area (Å²) in [5.74, 6) is 0.933. The molecule has 2 rings (SSSR count). The van der Waals surface area contributed by atoms with Crippen LogP contribution >= 0.6 is 31.9 Å². The van der Waals surface area contributed by atoms with E-state index in [0.717, 1.165) is 46.4 Å². The van der Waals surface area contributed by atoms with Crippen LogP contribution in [0.1, 0.15) is 43.0 Å². The summed E-state index contributed by atoms with van der Waals surface area (Å²) in [6.07, 6.45) is 4.74. The first-order chi connectivity index (χ1) is 9.11. The Morgan fingerprint density at radius 2 is 2.11 bits per heavy atom. The Hall–Kier alpha value is -0.350. The number of benzene rings is 1. The summed E-state index contributed by atoms with van der Waals surface area (Å²) in [6, 6.07) is 5.74. The van der Waals surface area contributed by atoms with Crippen molar-refractivity contribution in [1.82, 2.24) is 4.90 Å². The average molecular weight is 389 g/mol. The number of nitrogens with zero attached hydrogens (tertiary/aromatic N) is 1. The van der Waals surface area contributed by atoms with Gasteiger partial charge in [-0.25, -0.2) is 0 Å². The Balaban J connectivity index is 2.10. The van der Waals surface area contributed by atoms with Gasteiger partial charge in [-0.1, -0.05) is 29.3 Å². The molecule has 1 unspecified atom stereocenters. The van der Waals surface area contributed by atoms with Crippen molar-refractivity contribution in [2.75, 3.05) is 13.1 Å². The molecule has 2 nitrogen and oxygen atoms in total. The molecule has 0 saturated carbocycles. The summed E-state index contributed by atoms with van der Waals surface area (Å²) < 4.78 is 1.85. The molecule has 104 valence electrons. The van der Waals surface area contributed by atoms with Crippen LogP contribution in [0.3, 0.4) is 0 Å². The lowest BCUT2D eigenvalue weighted by Gasteiger charge is -2.21. The smallest absolute Gasteiger partial charge is 0.254 e. The number of carbonyl (C=O) groups excluding carboxylic acids is 1. The molecular weight excluding hydrogens is 370 g/mol. The molecule has 0 bridgehead atoms. The van der Waals surface area contributed by atoms with Gasteiger partial charge >= 0.3 is 0 Å². The van der Waals surface area contributed by atoms with Gasteiger partial charge in [0.15, 0.2) is 0 Å². The van der Waals surface area contributed by atoms with Gasteiger partial charge in [-0.2, -0.15) is 0 Å². The zero-order valence-corrected chi connectivity index (χ0v) is 14.3. The average Bonchev–Trinajstić information content (AvgIpc) is 2.63. The molecule has 1 saturated heterocycles. The molecular formula is C15H19Br2NO. The van der Waals surface area contributed by atoms with Crippen LogP contribution in [0.2, 0.25) is 0 Å². The fourth-order valence-electron chi connectivity index (χ4n) is 2.61. The molecule has 19 heavy (non-hydrogen) atoms. The zero-order chi connectivity index (χ0) is 13.8. The molecule has 1 heterocycles. The second-order valence-electron chi connectivity index (χ2n) is 5.12. The van der Waals surface area contributed by atoms with Crippen LogP contribution in [-0.2, 0) is 0 Å². The Morgan fingerprint density at radius 1 is 1.32 bits per heavy atom. The SMILES string of the molecule is CCC1CCCN(C(=O)c2ccc(Br)cc2Br)CC1. The topological polar surface area (TPSA) is 20.3 Å². The number of carbonyl (C=O) groups is 1. The minimum atomic E-state index is 0.149. The Labute approximate surface area is 131 Å². The second-order valence-corrected chi connectivity index (χ2v) is 6.89. The molecule has 1 aromatic carbocycles. The lowest BCUT2D eigenvalue weighted by molar-refractivity contribution is 0.0759. The van der Waals surface area contributed by atoms with Crippen molar-refractivity contribution in [3.63, 3.8) is 0 Å². The monoisotopic (exact) mass is 387 g/mol. The molecule has 0 spiro atoms. The van der Waals surface area contributed by atoms with E-state index in [1.54, 1.807) is 0 Å². The lowest BCUT2D eigenvalue weighted by Crippen LogP contribution is -2.32. The molecule has 1 aromatic rings. The van der Waals surface area contributed by atoms with Gasteiger partial charge in [0, 0.05) is 22.0 Å². The van der Waals surface area contributed by atoms with Gasteiger partial charge in [0.05, 0.1) is 5.56 Å². The van der Waals surface area contributed by atoms with Gasteiger partial charge in [-0.3, -0.25) is 4.79 Å². The van der Waals surface area contributed by atoms with E-state index in [9.17, 15) is 4.79 Å². The summed E-state index contributed by atoms with van der Waals surface area (Å²) in [5.41, 5.74) is 0.762. The third-order valence-electron chi connectivity index (χ3n) is 3.87. The highest BCUT2D eigenvalue weighted by Crippen LogP contribution is 2.25. The van der Waals surface area contributed by atoms with E-state index in [2.05, 4.69) is 38.8 Å². The minimum Gasteiger partial charge on any atom is -0.339 e.